The second kappa shape index (κ2) is 11.7. The monoisotopic (exact) mass is 229 g/mol. The third-order valence-electron chi connectivity index (χ3n) is 1.62. The van der Waals surface area contributed by atoms with Gasteiger partial charge in [0, 0.05) is 18.7 Å². The lowest BCUT2D eigenvalue weighted by atomic mass is 10.3. The number of rotatable bonds is 6. The van der Waals surface area contributed by atoms with Gasteiger partial charge in [-0.3, -0.25) is 9.80 Å². The molecule has 0 aliphatic carbocycles. The largest absolute Gasteiger partial charge is 0.469 e. The maximum Gasteiger partial charge on any atom is 0.305 e. The fourth-order valence-electron chi connectivity index (χ4n) is 0.895. The van der Waals surface area contributed by atoms with Gasteiger partial charge in [-0.2, -0.15) is 5.11 Å². The minimum Gasteiger partial charge on any atom is -0.469 e. The Bertz CT molecular complexity index is 227. The van der Waals surface area contributed by atoms with Crippen molar-refractivity contribution in [2.45, 2.75) is 33.6 Å². The molecule has 0 aromatic heterocycles. The van der Waals surface area contributed by atoms with E-state index in [-0.39, 0.29) is 5.97 Å². The summed E-state index contributed by atoms with van der Waals surface area (Å²) in [4.78, 5) is 10.8. The van der Waals surface area contributed by atoms with Crippen LogP contribution in [0.4, 0.5) is 0 Å². The summed E-state index contributed by atoms with van der Waals surface area (Å²) in [6.07, 6.45) is 1.07. The molecular weight excluding hydrogens is 206 g/mol. The van der Waals surface area contributed by atoms with E-state index >= 15 is 0 Å². The van der Waals surface area contributed by atoms with E-state index in [1.807, 2.05) is 20.8 Å². The van der Waals surface area contributed by atoms with E-state index in [1.165, 1.54) is 7.11 Å². The van der Waals surface area contributed by atoms with Crippen LogP contribution in [-0.4, -0.2) is 31.7 Å². The molecule has 0 aromatic carbocycles. The van der Waals surface area contributed by atoms with Gasteiger partial charge in [0.25, 0.3) is 0 Å². The molecule has 0 bridgehead atoms. The van der Waals surface area contributed by atoms with Gasteiger partial charge in [0.2, 0.25) is 0 Å². The lowest BCUT2D eigenvalue weighted by Crippen LogP contribution is -2.16. The third kappa shape index (κ3) is 9.18. The Labute approximate surface area is 98.2 Å². The molecule has 0 fully saturated rings. The number of carbonyl (C=O) groups excluding carboxylic acids is 1. The van der Waals surface area contributed by atoms with Crippen LogP contribution in [0.1, 0.15) is 33.6 Å². The second-order valence-electron chi connectivity index (χ2n) is 2.83. The van der Waals surface area contributed by atoms with Crippen molar-refractivity contribution in [1.29, 1.82) is 0 Å². The molecule has 0 atom stereocenters. The molecule has 0 rings (SSSR count). The first-order valence-corrected chi connectivity index (χ1v) is 5.41. The van der Waals surface area contributed by atoms with E-state index in [4.69, 9.17) is 0 Å². The van der Waals surface area contributed by atoms with Crippen LogP contribution in [0, 0.1) is 0 Å². The van der Waals surface area contributed by atoms with Crippen LogP contribution in [0.3, 0.4) is 0 Å². The highest BCUT2D eigenvalue weighted by molar-refractivity contribution is 5.69. The van der Waals surface area contributed by atoms with Gasteiger partial charge in [0.15, 0.2) is 0 Å². The highest BCUT2D eigenvalue weighted by Crippen LogP contribution is 2.04. The quantitative estimate of drug-likeness (QED) is 0.400. The van der Waals surface area contributed by atoms with Crippen LogP contribution < -0.4 is 0 Å². The minimum atomic E-state index is -0.208. The third-order valence-corrected chi connectivity index (χ3v) is 1.62. The van der Waals surface area contributed by atoms with Crippen molar-refractivity contribution in [3.05, 3.63) is 12.3 Å². The van der Waals surface area contributed by atoms with E-state index in [0.717, 1.165) is 5.70 Å². The molecule has 0 aliphatic rings. The molecule has 94 valence electrons. The van der Waals surface area contributed by atoms with Gasteiger partial charge < -0.3 is 4.74 Å². The predicted octanol–water partition coefficient (Wildman–Crippen LogP) is 2.80. The molecule has 0 aromatic rings. The highest BCUT2D eigenvalue weighted by Gasteiger charge is 2.04. The van der Waals surface area contributed by atoms with Crippen molar-refractivity contribution in [3.63, 3.8) is 0 Å². The van der Waals surface area contributed by atoms with Crippen molar-refractivity contribution in [3.8, 4) is 0 Å². The summed E-state index contributed by atoms with van der Waals surface area (Å²) in [6.45, 7) is 10.2. The number of allylic oxidation sites excluding steroid dienone is 1. The summed E-state index contributed by atoms with van der Waals surface area (Å²) in [6, 6.07) is 0. The molecular formula is C11H23N3O2. The van der Waals surface area contributed by atoms with Crippen molar-refractivity contribution in [2.75, 3.05) is 20.7 Å². The Morgan fingerprint density at radius 2 is 2.00 bits per heavy atom. The van der Waals surface area contributed by atoms with Gasteiger partial charge in [-0.05, 0) is 13.3 Å². The molecule has 0 saturated heterocycles. The first kappa shape index (κ1) is 17.0. The zero-order chi connectivity index (χ0) is 13.0. The van der Waals surface area contributed by atoms with Gasteiger partial charge in [-0.15, -0.1) is 0 Å². The second-order valence-corrected chi connectivity index (χ2v) is 2.83. The maximum absolute atomic E-state index is 10.8. The number of esters is 1. The Balaban J connectivity index is 0. The summed E-state index contributed by atoms with van der Waals surface area (Å²) in [5.41, 5.74) is 0.806. The Kier molecular flexibility index (Phi) is 12.4. The van der Waals surface area contributed by atoms with Crippen LogP contribution >= 0.6 is 0 Å². The zero-order valence-electron chi connectivity index (χ0n) is 11.0. The van der Waals surface area contributed by atoms with E-state index in [9.17, 15) is 4.79 Å². The fraction of sp³-hybridized carbons (Fsp3) is 0.727. The maximum atomic E-state index is 10.8. The molecule has 5 heteroatoms. The van der Waals surface area contributed by atoms with E-state index in [0.29, 0.717) is 19.4 Å². The van der Waals surface area contributed by atoms with Gasteiger partial charge in [0.05, 0.1) is 14.2 Å². The standard InChI is InChI=1S/C9H17N3O2.C2H6/c1-8(2)12(11-10-3)7-5-6-9(13)14-4;1-2/h1,5-7H2,2-4H3;1-2H3. The molecule has 0 saturated carbocycles. The number of carbonyl (C=O) groups is 1. The molecule has 16 heavy (non-hydrogen) atoms. The number of nitrogens with zero attached hydrogens (tertiary/aromatic N) is 3. The van der Waals surface area contributed by atoms with Crippen LogP contribution in [0.25, 0.3) is 0 Å². The van der Waals surface area contributed by atoms with Crippen LogP contribution in [0.2, 0.25) is 0 Å². The molecule has 5 nitrogen and oxygen atoms in total. The highest BCUT2D eigenvalue weighted by atomic mass is 16.5. The van der Waals surface area contributed by atoms with Gasteiger partial charge in [-0.25, -0.2) is 0 Å². The molecule has 0 amide bonds. The normalized spacial score (nSPS) is 9.31. The smallest absolute Gasteiger partial charge is 0.305 e. The Hall–Kier alpha value is -1.39. The molecule has 0 unspecified atom stereocenters. The van der Waals surface area contributed by atoms with Crippen molar-refractivity contribution in [1.82, 2.24) is 5.01 Å². The molecule has 0 spiro atoms. The number of hydrogen-bond donors (Lipinski definition) is 0. The number of methoxy groups -OCH3 is 1. The summed E-state index contributed by atoms with van der Waals surface area (Å²) >= 11 is 0. The topological polar surface area (TPSA) is 54.3 Å². The van der Waals surface area contributed by atoms with Gasteiger partial charge >= 0.3 is 5.97 Å². The predicted molar refractivity (Wildman–Crippen MR) is 64.9 cm³/mol. The van der Waals surface area contributed by atoms with Gasteiger partial charge in [-0.1, -0.05) is 25.6 Å². The van der Waals surface area contributed by atoms with Crippen LogP contribution in [0.15, 0.2) is 22.6 Å². The van der Waals surface area contributed by atoms with Crippen LogP contribution in [0.5, 0.6) is 0 Å². The molecule has 0 aliphatic heterocycles. The fourth-order valence-corrected chi connectivity index (χ4v) is 0.895. The van der Waals surface area contributed by atoms with E-state index in [2.05, 4.69) is 21.7 Å². The summed E-state index contributed by atoms with van der Waals surface area (Å²) in [7, 11) is 2.97. The zero-order valence-corrected chi connectivity index (χ0v) is 11.0. The summed E-state index contributed by atoms with van der Waals surface area (Å²) in [5.74, 6) is -0.208. The SMILES string of the molecule is C=C(C)N(CCCC(=O)OC)N=NC.CC. The summed E-state index contributed by atoms with van der Waals surface area (Å²) in [5, 5.41) is 9.16. The lowest BCUT2D eigenvalue weighted by molar-refractivity contribution is -0.140. The van der Waals surface area contributed by atoms with E-state index in [1.54, 1.807) is 12.1 Å². The Morgan fingerprint density at radius 3 is 2.38 bits per heavy atom. The molecule has 0 radical (unpaired) electrons. The first-order valence-electron chi connectivity index (χ1n) is 5.41. The molecule has 0 N–H and O–H groups in total. The average molecular weight is 229 g/mol. The van der Waals surface area contributed by atoms with Crippen molar-refractivity contribution < 1.29 is 9.53 Å². The van der Waals surface area contributed by atoms with E-state index < -0.39 is 0 Å². The first-order chi connectivity index (χ1) is 7.61. The summed E-state index contributed by atoms with van der Waals surface area (Å²) < 4.78 is 4.52. The number of ether oxygens (including phenoxy) is 1. The number of hydrogen-bond acceptors (Lipinski definition) is 4. The van der Waals surface area contributed by atoms with Crippen molar-refractivity contribution in [2.24, 2.45) is 10.3 Å². The lowest BCUT2D eigenvalue weighted by Gasteiger charge is -2.16. The Morgan fingerprint density at radius 1 is 1.44 bits per heavy atom. The minimum absolute atomic E-state index is 0.208. The molecule has 0 heterocycles. The van der Waals surface area contributed by atoms with Gasteiger partial charge in [0.1, 0.15) is 0 Å². The average Bonchev–Trinajstić information content (AvgIpc) is 2.30. The van der Waals surface area contributed by atoms with Crippen molar-refractivity contribution >= 4 is 5.97 Å². The van der Waals surface area contributed by atoms with Crippen LogP contribution in [-0.2, 0) is 9.53 Å².